The normalized spacial score (nSPS) is 14.3. The van der Waals surface area contributed by atoms with Crippen LogP contribution in [0.3, 0.4) is 0 Å². The highest BCUT2D eigenvalue weighted by atomic mass is 16.5. The zero-order valence-electron chi connectivity index (χ0n) is 12.1. The molecule has 1 heterocycles. The van der Waals surface area contributed by atoms with Gasteiger partial charge in [0.05, 0.1) is 17.9 Å². The molecule has 0 aromatic heterocycles. The summed E-state index contributed by atoms with van der Waals surface area (Å²) in [6.45, 7) is 7.19. The van der Waals surface area contributed by atoms with Crippen molar-refractivity contribution in [2.75, 3.05) is 18.1 Å². The predicted octanol–water partition coefficient (Wildman–Crippen LogP) is 3.62. The van der Waals surface area contributed by atoms with Gasteiger partial charge in [-0.15, -0.1) is 0 Å². The molecule has 3 heteroatoms. The molecular weight excluding hydrogens is 250 g/mol. The van der Waals surface area contributed by atoms with Crippen LogP contribution in [0.25, 0.3) is 10.8 Å². The molecule has 1 aliphatic heterocycles. The van der Waals surface area contributed by atoms with Crippen LogP contribution in [0.2, 0.25) is 0 Å². The van der Waals surface area contributed by atoms with Gasteiger partial charge in [0.15, 0.2) is 0 Å². The molecule has 0 bridgehead atoms. The van der Waals surface area contributed by atoms with E-state index in [0.29, 0.717) is 13.2 Å². The number of nitrogens with zero attached hydrogens (tertiary/aromatic N) is 1. The molecular formula is C17H19NO2. The van der Waals surface area contributed by atoms with Crippen molar-refractivity contribution in [2.45, 2.75) is 26.4 Å². The summed E-state index contributed by atoms with van der Waals surface area (Å²) in [7, 11) is 0. The molecule has 0 fully saturated rings. The quantitative estimate of drug-likeness (QED) is 0.851. The first-order valence-corrected chi connectivity index (χ1v) is 6.95. The molecule has 0 atom stereocenters. The topological polar surface area (TPSA) is 29.5 Å². The average molecular weight is 269 g/mol. The van der Waals surface area contributed by atoms with E-state index in [9.17, 15) is 4.79 Å². The minimum atomic E-state index is -0.179. The molecule has 3 rings (SSSR count). The lowest BCUT2D eigenvalue weighted by molar-refractivity contribution is 0.00143. The Kier molecular flexibility index (Phi) is 3.02. The van der Waals surface area contributed by atoms with E-state index < -0.39 is 0 Å². The summed E-state index contributed by atoms with van der Waals surface area (Å²) in [6, 6.07) is 11.9. The van der Waals surface area contributed by atoms with Crippen LogP contribution in [0, 0.1) is 0 Å². The Morgan fingerprint density at radius 1 is 1.10 bits per heavy atom. The monoisotopic (exact) mass is 269 g/mol. The molecule has 0 spiro atoms. The van der Waals surface area contributed by atoms with Crippen LogP contribution >= 0.6 is 0 Å². The summed E-state index contributed by atoms with van der Waals surface area (Å²) in [4.78, 5) is 14.3. The zero-order chi connectivity index (χ0) is 14.3. The number of rotatable bonds is 3. The van der Waals surface area contributed by atoms with Crippen molar-refractivity contribution in [1.29, 1.82) is 0 Å². The summed E-state index contributed by atoms with van der Waals surface area (Å²) in [5, 5.41) is 2.18. The third-order valence-electron chi connectivity index (χ3n) is 3.50. The minimum Gasteiger partial charge on any atom is -0.374 e. The highest BCUT2D eigenvalue weighted by Crippen LogP contribution is 2.36. The highest BCUT2D eigenvalue weighted by Gasteiger charge is 2.29. The third kappa shape index (κ3) is 2.18. The van der Waals surface area contributed by atoms with Gasteiger partial charge in [-0.2, -0.15) is 0 Å². The average Bonchev–Trinajstić information content (AvgIpc) is 2.66. The second kappa shape index (κ2) is 4.60. The number of anilines is 1. The molecule has 1 aliphatic rings. The first kappa shape index (κ1) is 13.1. The predicted molar refractivity (Wildman–Crippen MR) is 81.3 cm³/mol. The van der Waals surface area contributed by atoms with Crippen molar-refractivity contribution >= 4 is 22.4 Å². The standard InChI is InChI=1S/C17H19NO2/c1-17(2,3)20-11-10-18-14-9-5-7-12-6-4-8-13(15(12)14)16(18)19/h4-9H,10-11H2,1-3H3. The van der Waals surface area contributed by atoms with Crippen molar-refractivity contribution in [3.63, 3.8) is 0 Å². The fraction of sp³-hybridized carbons (Fsp3) is 0.353. The van der Waals surface area contributed by atoms with E-state index in [1.165, 1.54) is 0 Å². The van der Waals surface area contributed by atoms with Crippen LogP contribution in [0.5, 0.6) is 0 Å². The van der Waals surface area contributed by atoms with Gasteiger partial charge in [0, 0.05) is 17.5 Å². The molecule has 2 aromatic carbocycles. The van der Waals surface area contributed by atoms with Crippen LogP contribution < -0.4 is 4.90 Å². The molecule has 20 heavy (non-hydrogen) atoms. The number of amides is 1. The molecule has 0 unspecified atom stereocenters. The van der Waals surface area contributed by atoms with Gasteiger partial charge in [0.25, 0.3) is 5.91 Å². The zero-order valence-corrected chi connectivity index (χ0v) is 12.1. The smallest absolute Gasteiger partial charge is 0.259 e. The number of carbonyl (C=O) groups is 1. The Labute approximate surface area is 119 Å². The van der Waals surface area contributed by atoms with Gasteiger partial charge >= 0.3 is 0 Å². The maximum absolute atomic E-state index is 12.5. The lowest BCUT2D eigenvalue weighted by atomic mass is 10.1. The Balaban J connectivity index is 1.89. The lowest BCUT2D eigenvalue weighted by Gasteiger charge is -2.23. The summed E-state index contributed by atoms with van der Waals surface area (Å²) < 4.78 is 5.74. The molecule has 1 amide bonds. The second-order valence-electron chi connectivity index (χ2n) is 6.10. The fourth-order valence-corrected chi connectivity index (χ4v) is 2.64. The number of hydrogen-bond donors (Lipinski definition) is 0. The van der Waals surface area contributed by atoms with E-state index in [0.717, 1.165) is 22.0 Å². The van der Waals surface area contributed by atoms with Crippen molar-refractivity contribution in [2.24, 2.45) is 0 Å². The molecule has 0 saturated carbocycles. The van der Waals surface area contributed by atoms with Crippen LogP contribution in [-0.2, 0) is 4.74 Å². The Morgan fingerprint density at radius 3 is 2.50 bits per heavy atom. The van der Waals surface area contributed by atoms with Crippen LogP contribution in [0.1, 0.15) is 31.1 Å². The summed E-state index contributed by atoms with van der Waals surface area (Å²) in [5.41, 5.74) is 1.62. The molecule has 2 aromatic rings. The highest BCUT2D eigenvalue weighted by molar-refractivity contribution is 6.24. The number of carbonyl (C=O) groups excluding carboxylic acids is 1. The summed E-state index contributed by atoms with van der Waals surface area (Å²) >= 11 is 0. The van der Waals surface area contributed by atoms with E-state index in [1.54, 1.807) is 0 Å². The van der Waals surface area contributed by atoms with E-state index in [2.05, 4.69) is 0 Å². The van der Waals surface area contributed by atoms with Gasteiger partial charge in [-0.3, -0.25) is 4.79 Å². The van der Waals surface area contributed by atoms with Crippen molar-refractivity contribution in [3.05, 3.63) is 42.0 Å². The summed E-state index contributed by atoms with van der Waals surface area (Å²) in [5.74, 6) is 0.0781. The number of hydrogen-bond acceptors (Lipinski definition) is 2. The van der Waals surface area contributed by atoms with Crippen molar-refractivity contribution < 1.29 is 9.53 Å². The van der Waals surface area contributed by atoms with Gasteiger partial charge in [-0.1, -0.05) is 24.3 Å². The Bertz CT molecular complexity index is 665. The van der Waals surface area contributed by atoms with Gasteiger partial charge in [0.2, 0.25) is 0 Å². The van der Waals surface area contributed by atoms with Gasteiger partial charge in [-0.25, -0.2) is 0 Å². The van der Waals surface area contributed by atoms with Crippen LogP contribution in [-0.4, -0.2) is 24.7 Å². The van der Waals surface area contributed by atoms with E-state index in [-0.39, 0.29) is 11.5 Å². The van der Waals surface area contributed by atoms with E-state index >= 15 is 0 Å². The lowest BCUT2D eigenvalue weighted by Crippen LogP contribution is -2.33. The number of ether oxygens (including phenoxy) is 1. The maximum atomic E-state index is 12.5. The van der Waals surface area contributed by atoms with Crippen LogP contribution in [0.4, 0.5) is 5.69 Å². The fourth-order valence-electron chi connectivity index (χ4n) is 2.64. The van der Waals surface area contributed by atoms with Crippen molar-refractivity contribution in [1.82, 2.24) is 0 Å². The van der Waals surface area contributed by atoms with Gasteiger partial charge in [-0.05, 0) is 38.3 Å². The molecule has 0 radical (unpaired) electrons. The van der Waals surface area contributed by atoms with E-state index in [4.69, 9.17) is 4.74 Å². The summed E-state index contributed by atoms with van der Waals surface area (Å²) in [6.07, 6.45) is 0. The van der Waals surface area contributed by atoms with Gasteiger partial charge < -0.3 is 9.64 Å². The molecule has 104 valence electrons. The maximum Gasteiger partial charge on any atom is 0.259 e. The number of benzene rings is 2. The SMILES string of the molecule is CC(C)(C)OCCN1C(=O)c2cccc3cccc1c23. The van der Waals surface area contributed by atoms with Crippen molar-refractivity contribution in [3.8, 4) is 0 Å². The largest absolute Gasteiger partial charge is 0.374 e. The first-order chi connectivity index (χ1) is 9.47. The van der Waals surface area contributed by atoms with Gasteiger partial charge in [0.1, 0.15) is 0 Å². The van der Waals surface area contributed by atoms with Crippen LogP contribution in [0.15, 0.2) is 36.4 Å². The molecule has 0 aliphatic carbocycles. The molecule has 0 N–H and O–H groups in total. The Hall–Kier alpha value is -1.87. The second-order valence-corrected chi connectivity index (χ2v) is 6.10. The molecule has 0 saturated heterocycles. The Morgan fingerprint density at radius 2 is 1.80 bits per heavy atom. The molecule has 3 nitrogen and oxygen atoms in total. The first-order valence-electron chi connectivity index (χ1n) is 6.95. The van der Waals surface area contributed by atoms with E-state index in [1.807, 2.05) is 62.1 Å². The third-order valence-corrected chi connectivity index (χ3v) is 3.50. The minimum absolute atomic E-state index is 0.0781.